The summed E-state index contributed by atoms with van der Waals surface area (Å²) in [5.41, 5.74) is 1.16. The molecule has 0 aliphatic carbocycles. The van der Waals surface area contributed by atoms with Gasteiger partial charge in [-0.25, -0.2) is 0 Å². The average molecular weight is 246 g/mol. The molecule has 0 N–H and O–H groups in total. The lowest BCUT2D eigenvalue weighted by Crippen LogP contribution is -2.35. The van der Waals surface area contributed by atoms with Crippen molar-refractivity contribution in [3.63, 3.8) is 0 Å². The molecule has 1 aliphatic heterocycles. The van der Waals surface area contributed by atoms with Gasteiger partial charge in [-0.05, 0) is 18.6 Å². The molecule has 1 aromatic carbocycles. The maximum Gasteiger partial charge on any atom is 0.219 e. The van der Waals surface area contributed by atoms with Gasteiger partial charge in [0, 0.05) is 0 Å². The van der Waals surface area contributed by atoms with Gasteiger partial charge >= 0.3 is 0 Å². The monoisotopic (exact) mass is 246 g/mol. The first kappa shape index (κ1) is 12.9. The van der Waals surface area contributed by atoms with Gasteiger partial charge in [-0.1, -0.05) is 43.0 Å². The van der Waals surface area contributed by atoms with E-state index < -0.39 is 0 Å². The lowest BCUT2D eigenvalue weighted by molar-refractivity contribution is -0.152. The van der Waals surface area contributed by atoms with E-state index in [1.54, 1.807) is 0 Å². The number of ether oxygens (including phenoxy) is 3. The van der Waals surface area contributed by atoms with Crippen LogP contribution >= 0.6 is 0 Å². The summed E-state index contributed by atoms with van der Waals surface area (Å²) in [6.07, 6.45) is 4.77. The first-order valence-corrected chi connectivity index (χ1v) is 6.05. The number of hydrogen-bond acceptors (Lipinski definition) is 3. The Bertz CT molecular complexity index is 399. The molecule has 0 amide bonds. The summed E-state index contributed by atoms with van der Waals surface area (Å²) >= 11 is 0. The summed E-state index contributed by atoms with van der Waals surface area (Å²) in [6, 6.07) is 10.1. The van der Waals surface area contributed by atoms with E-state index >= 15 is 0 Å². The van der Waals surface area contributed by atoms with E-state index in [0.717, 1.165) is 5.56 Å². The topological polar surface area (TPSA) is 27.7 Å². The highest BCUT2D eigenvalue weighted by Gasteiger charge is 2.24. The molecule has 0 radical (unpaired) electrons. The van der Waals surface area contributed by atoms with Crippen molar-refractivity contribution >= 4 is 0 Å². The maximum atomic E-state index is 5.81. The second kappa shape index (κ2) is 6.38. The molecule has 0 bridgehead atoms. The van der Waals surface area contributed by atoms with E-state index in [4.69, 9.17) is 14.2 Å². The van der Waals surface area contributed by atoms with Crippen molar-refractivity contribution in [2.24, 2.45) is 0 Å². The van der Waals surface area contributed by atoms with Gasteiger partial charge in [0.2, 0.25) is 6.29 Å². The molecule has 0 aromatic heterocycles. The van der Waals surface area contributed by atoms with E-state index in [9.17, 15) is 0 Å². The molecule has 3 heteroatoms. The zero-order valence-corrected chi connectivity index (χ0v) is 10.5. The minimum atomic E-state index is -0.353. The normalized spacial score (nSPS) is 26.8. The highest BCUT2D eigenvalue weighted by molar-refractivity contribution is 5.13. The van der Waals surface area contributed by atoms with Crippen molar-refractivity contribution in [2.45, 2.75) is 32.0 Å². The van der Waals surface area contributed by atoms with Crippen LogP contribution in [0.4, 0.5) is 0 Å². The Labute approximate surface area is 108 Å². The highest BCUT2D eigenvalue weighted by Crippen LogP contribution is 2.18. The van der Waals surface area contributed by atoms with E-state index in [0.29, 0.717) is 6.61 Å². The minimum Gasteiger partial charge on any atom is -0.469 e. The molecule has 18 heavy (non-hydrogen) atoms. The SMILES string of the molecule is C=CO[C@H]1C=C[C@@H](OCc2ccccc2)[C@H](C)O1. The van der Waals surface area contributed by atoms with Crippen LogP contribution in [0.1, 0.15) is 12.5 Å². The second-order valence-corrected chi connectivity index (χ2v) is 4.16. The fraction of sp³-hybridized carbons (Fsp3) is 0.333. The van der Waals surface area contributed by atoms with Crippen LogP contribution in [0, 0.1) is 0 Å². The number of hydrogen-bond donors (Lipinski definition) is 0. The molecular formula is C15H18O3. The Kier molecular flexibility index (Phi) is 4.56. The highest BCUT2D eigenvalue weighted by atomic mass is 16.7. The summed E-state index contributed by atoms with van der Waals surface area (Å²) < 4.78 is 16.6. The predicted octanol–water partition coefficient (Wildman–Crippen LogP) is 3.03. The molecule has 1 heterocycles. The smallest absolute Gasteiger partial charge is 0.219 e. The minimum absolute atomic E-state index is 0.0383. The van der Waals surface area contributed by atoms with Crippen molar-refractivity contribution in [3.8, 4) is 0 Å². The molecule has 96 valence electrons. The van der Waals surface area contributed by atoms with Gasteiger partial charge in [-0.3, -0.25) is 0 Å². The Morgan fingerprint density at radius 1 is 1.28 bits per heavy atom. The number of rotatable bonds is 5. The third-order valence-electron chi connectivity index (χ3n) is 2.78. The maximum absolute atomic E-state index is 5.81. The van der Waals surface area contributed by atoms with Gasteiger partial charge in [-0.15, -0.1) is 0 Å². The van der Waals surface area contributed by atoms with Crippen LogP contribution in [0.25, 0.3) is 0 Å². The molecular weight excluding hydrogens is 228 g/mol. The van der Waals surface area contributed by atoms with Gasteiger partial charge in [0.25, 0.3) is 0 Å². The van der Waals surface area contributed by atoms with Crippen LogP contribution in [0.3, 0.4) is 0 Å². The summed E-state index contributed by atoms with van der Waals surface area (Å²) in [5, 5.41) is 0. The fourth-order valence-corrected chi connectivity index (χ4v) is 1.82. The summed E-state index contributed by atoms with van der Waals surface area (Å²) in [5.74, 6) is 0. The predicted molar refractivity (Wildman–Crippen MR) is 69.8 cm³/mol. The first-order chi connectivity index (χ1) is 8.79. The quantitative estimate of drug-likeness (QED) is 0.590. The Hall–Kier alpha value is -1.58. The van der Waals surface area contributed by atoms with Crippen molar-refractivity contribution < 1.29 is 14.2 Å². The Morgan fingerprint density at radius 2 is 2.06 bits per heavy atom. The van der Waals surface area contributed by atoms with Gasteiger partial charge < -0.3 is 14.2 Å². The van der Waals surface area contributed by atoms with Gasteiger partial charge in [-0.2, -0.15) is 0 Å². The number of benzene rings is 1. The van der Waals surface area contributed by atoms with E-state index in [-0.39, 0.29) is 18.5 Å². The van der Waals surface area contributed by atoms with Crippen molar-refractivity contribution in [1.29, 1.82) is 0 Å². The van der Waals surface area contributed by atoms with Crippen molar-refractivity contribution in [2.75, 3.05) is 0 Å². The van der Waals surface area contributed by atoms with Gasteiger partial charge in [0.1, 0.15) is 6.10 Å². The zero-order chi connectivity index (χ0) is 12.8. The average Bonchev–Trinajstić information content (AvgIpc) is 2.39. The molecule has 1 aromatic rings. The van der Waals surface area contributed by atoms with Crippen molar-refractivity contribution in [1.82, 2.24) is 0 Å². The van der Waals surface area contributed by atoms with Crippen LogP contribution in [0.2, 0.25) is 0 Å². The largest absolute Gasteiger partial charge is 0.469 e. The molecule has 0 saturated heterocycles. The summed E-state index contributed by atoms with van der Waals surface area (Å²) in [7, 11) is 0. The third kappa shape index (κ3) is 3.45. The van der Waals surface area contributed by atoms with Crippen LogP contribution in [0.15, 0.2) is 55.3 Å². The van der Waals surface area contributed by atoms with Crippen molar-refractivity contribution in [3.05, 3.63) is 60.9 Å². The van der Waals surface area contributed by atoms with Crippen LogP contribution < -0.4 is 0 Å². The van der Waals surface area contributed by atoms with E-state index in [1.807, 2.05) is 49.4 Å². The van der Waals surface area contributed by atoms with Crippen LogP contribution in [-0.2, 0) is 20.8 Å². The molecule has 3 nitrogen and oxygen atoms in total. The Balaban J connectivity index is 1.87. The first-order valence-electron chi connectivity index (χ1n) is 6.05. The van der Waals surface area contributed by atoms with Gasteiger partial charge in [0.05, 0.1) is 19.0 Å². The fourth-order valence-electron chi connectivity index (χ4n) is 1.82. The lowest BCUT2D eigenvalue weighted by Gasteiger charge is -2.29. The van der Waals surface area contributed by atoms with Gasteiger partial charge in [0.15, 0.2) is 0 Å². The summed E-state index contributed by atoms with van der Waals surface area (Å²) in [4.78, 5) is 0. The van der Waals surface area contributed by atoms with Crippen LogP contribution in [0.5, 0.6) is 0 Å². The van der Waals surface area contributed by atoms with Crippen LogP contribution in [-0.4, -0.2) is 18.5 Å². The molecule has 0 unspecified atom stereocenters. The molecule has 0 fully saturated rings. The Morgan fingerprint density at radius 3 is 2.72 bits per heavy atom. The lowest BCUT2D eigenvalue weighted by atomic mass is 10.1. The third-order valence-corrected chi connectivity index (χ3v) is 2.78. The molecule has 2 rings (SSSR count). The standard InChI is InChI=1S/C15H18O3/c1-3-16-15-10-9-14(12(2)18-15)17-11-13-7-5-4-6-8-13/h3-10,12,14-15H,1,11H2,2H3/t12-,14+,15+/m0/s1. The summed E-state index contributed by atoms with van der Waals surface area (Å²) in [6.45, 7) is 6.06. The molecule has 3 atom stereocenters. The molecule has 0 saturated carbocycles. The molecule has 1 aliphatic rings. The zero-order valence-electron chi connectivity index (χ0n) is 10.5. The van der Waals surface area contributed by atoms with E-state index in [2.05, 4.69) is 6.58 Å². The molecule has 0 spiro atoms. The van der Waals surface area contributed by atoms with E-state index in [1.165, 1.54) is 6.26 Å². The second-order valence-electron chi connectivity index (χ2n) is 4.16.